The van der Waals surface area contributed by atoms with Crippen LogP contribution in [0.25, 0.3) is 0 Å². The minimum absolute atomic E-state index is 0.478. The summed E-state index contributed by atoms with van der Waals surface area (Å²) in [5.41, 5.74) is 5.65. The van der Waals surface area contributed by atoms with Gasteiger partial charge in [-0.05, 0) is 36.4 Å². The van der Waals surface area contributed by atoms with Crippen LogP contribution < -0.4 is 14.9 Å². The smallest absolute Gasteiger partial charge is 0.182 e. The fourth-order valence-corrected chi connectivity index (χ4v) is 3.61. The lowest BCUT2D eigenvalue weighted by atomic mass is 10.1. The average molecular weight is 408 g/mol. The lowest BCUT2D eigenvalue weighted by Gasteiger charge is -2.16. The molecule has 0 aromatic heterocycles. The highest BCUT2D eigenvalue weighted by Crippen LogP contribution is 2.32. The van der Waals surface area contributed by atoms with Crippen molar-refractivity contribution < 1.29 is 9.47 Å². The predicted octanol–water partition coefficient (Wildman–Crippen LogP) is 4.88. The first-order valence-corrected chi connectivity index (χ1v) is 9.82. The van der Waals surface area contributed by atoms with Crippen LogP contribution in [0.3, 0.4) is 0 Å². The van der Waals surface area contributed by atoms with Crippen molar-refractivity contribution in [1.82, 2.24) is 5.43 Å². The van der Waals surface area contributed by atoms with E-state index in [4.69, 9.17) is 32.7 Å². The van der Waals surface area contributed by atoms with E-state index < -0.39 is 0 Å². The van der Waals surface area contributed by atoms with Gasteiger partial charge >= 0.3 is 0 Å². The Hall–Kier alpha value is -1.89. The Kier molecular flexibility index (Phi) is 5.24. The fraction of sp³-hybridized carbons (Fsp3) is 0.222. The summed E-state index contributed by atoms with van der Waals surface area (Å²) in [5.74, 6) is 2.25. The first-order valence-electron chi connectivity index (χ1n) is 8.08. The molecular formula is C18H15Cl2N3O2S. The van der Waals surface area contributed by atoms with Crippen molar-refractivity contribution >= 4 is 51.5 Å². The van der Waals surface area contributed by atoms with Gasteiger partial charge in [-0.2, -0.15) is 5.10 Å². The van der Waals surface area contributed by atoms with Crippen LogP contribution in [-0.2, 0) is 0 Å². The van der Waals surface area contributed by atoms with Gasteiger partial charge in [-0.3, -0.25) is 5.43 Å². The standard InChI is InChI=1S/C18H15Cl2N3O2S/c19-13-4-3-12(9-14(13)20)21-18-23-22-15(10-26-18)11-2-5-16-17(8-11)25-7-1-6-24-16/h2-5,8-9H,1,6-7,10H2,(H,21,23). The molecule has 0 fully saturated rings. The van der Waals surface area contributed by atoms with Gasteiger partial charge in [0.2, 0.25) is 0 Å². The third-order valence-corrected chi connectivity index (χ3v) is 5.46. The minimum Gasteiger partial charge on any atom is -0.490 e. The Morgan fingerprint density at radius 1 is 1.00 bits per heavy atom. The van der Waals surface area contributed by atoms with E-state index in [2.05, 4.69) is 15.5 Å². The van der Waals surface area contributed by atoms with E-state index in [-0.39, 0.29) is 0 Å². The summed E-state index contributed by atoms with van der Waals surface area (Å²) in [4.78, 5) is 4.50. The maximum atomic E-state index is 6.03. The molecule has 5 nitrogen and oxygen atoms in total. The maximum Gasteiger partial charge on any atom is 0.182 e. The van der Waals surface area contributed by atoms with Crippen LogP contribution in [0.4, 0.5) is 5.69 Å². The first kappa shape index (κ1) is 17.5. The number of hydrogen-bond donors (Lipinski definition) is 1. The normalized spacial score (nSPS) is 18.1. The summed E-state index contributed by atoms with van der Waals surface area (Å²) >= 11 is 13.5. The monoisotopic (exact) mass is 407 g/mol. The average Bonchev–Trinajstić information content (AvgIpc) is 2.90. The Morgan fingerprint density at radius 3 is 2.62 bits per heavy atom. The van der Waals surface area contributed by atoms with Gasteiger partial charge < -0.3 is 9.47 Å². The molecule has 0 saturated carbocycles. The van der Waals surface area contributed by atoms with Gasteiger partial charge in [0.15, 0.2) is 16.7 Å². The zero-order valence-electron chi connectivity index (χ0n) is 13.7. The third-order valence-electron chi connectivity index (χ3n) is 3.85. The molecule has 4 rings (SSSR count). The molecule has 0 atom stereocenters. The first-order chi connectivity index (χ1) is 12.7. The van der Waals surface area contributed by atoms with Crippen molar-refractivity contribution in [3.63, 3.8) is 0 Å². The molecule has 0 spiro atoms. The number of thioether (sulfide) groups is 1. The number of hydrazone groups is 1. The molecule has 26 heavy (non-hydrogen) atoms. The second kappa shape index (κ2) is 7.78. The van der Waals surface area contributed by atoms with Crippen LogP contribution in [0.5, 0.6) is 11.5 Å². The SMILES string of the molecule is Clc1ccc(N=C2NN=C(c3ccc4c(c3)OCCCO4)CS2)cc1Cl. The van der Waals surface area contributed by atoms with Crippen molar-refractivity contribution in [2.45, 2.75) is 6.42 Å². The molecule has 0 unspecified atom stereocenters. The molecule has 2 aliphatic heterocycles. The summed E-state index contributed by atoms with van der Waals surface area (Å²) < 4.78 is 11.4. The molecule has 0 aliphatic carbocycles. The van der Waals surface area contributed by atoms with Crippen LogP contribution in [-0.4, -0.2) is 29.8 Å². The number of nitrogens with zero attached hydrogens (tertiary/aromatic N) is 2. The molecule has 0 radical (unpaired) electrons. The van der Waals surface area contributed by atoms with Gasteiger partial charge in [0, 0.05) is 17.7 Å². The molecular weight excluding hydrogens is 393 g/mol. The second-order valence-corrected chi connectivity index (χ2v) is 7.46. The number of ether oxygens (including phenoxy) is 2. The number of fused-ring (bicyclic) bond motifs is 1. The van der Waals surface area contributed by atoms with E-state index in [0.717, 1.165) is 34.9 Å². The van der Waals surface area contributed by atoms with Crippen molar-refractivity contribution in [3.05, 3.63) is 52.0 Å². The van der Waals surface area contributed by atoms with Gasteiger partial charge in [-0.25, -0.2) is 4.99 Å². The van der Waals surface area contributed by atoms with Crippen LogP contribution in [0, 0.1) is 0 Å². The topological polar surface area (TPSA) is 55.2 Å². The molecule has 0 amide bonds. The van der Waals surface area contributed by atoms with Crippen molar-refractivity contribution in [2.75, 3.05) is 19.0 Å². The molecule has 0 bridgehead atoms. The highest BCUT2D eigenvalue weighted by molar-refractivity contribution is 8.14. The van der Waals surface area contributed by atoms with Gasteiger partial charge in [0.1, 0.15) is 0 Å². The maximum absolute atomic E-state index is 6.03. The molecule has 1 N–H and O–H groups in total. The fourth-order valence-electron chi connectivity index (χ4n) is 2.54. The van der Waals surface area contributed by atoms with Crippen molar-refractivity contribution in [2.24, 2.45) is 10.1 Å². The summed E-state index contributed by atoms with van der Waals surface area (Å²) in [6.45, 7) is 1.34. The highest BCUT2D eigenvalue weighted by atomic mass is 35.5. The number of hydrogen-bond acceptors (Lipinski definition) is 5. The molecule has 134 valence electrons. The van der Waals surface area contributed by atoms with E-state index in [0.29, 0.717) is 34.2 Å². The van der Waals surface area contributed by atoms with E-state index >= 15 is 0 Å². The Bertz CT molecular complexity index is 902. The van der Waals surface area contributed by atoms with E-state index in [9.17, 15) is 0 Å². The lowest BCUT2D eigenvalue weighted by molar-refractivity contribution is 0.297. The van der Waals surface area contributed by atoms with Gasteiger partial charge in [-0.15, -0.1) is 0 Å². The van der Waals surface area contributed by atoms with Gasteiger partial charge in [0.25, 0.3) is 0 Å². The zero-order valence-corrected chi connectivity index (χ0v) is 16.0. The molecule has 2 heterocycles. The van der Waals surface area contributed by atoms with Crippen LogP contribution in [0.2, 0.25) is 10.0 Å². The Balaban J connectivity index is 1.51. The summed E-state index contributed by atoms with van der Waals surface area (Å²) in [6.07, 6.45) is 0.886. The van der Waals surface area contributed by atoms with E-state index in [1.807, 2.05) is 24.3 Å². The lowest BCUT2D eigenvalue weighted by Crippen LogP contribution is -2.25. The number of aliphatic imine (C=N–C) groups is 1. The molecule has 2 aromatic rings. The largest absolute Gasteiger partial charge is 0.490 e. The summed E-state index contributed by atoms with van der Waals surface area (Å²) in [6, 6.07) is 11.2. The second-order valence-electron chi connectivity index (χ2n) is 5.69. The molecule has 2 aliphatic rings. The number of benzene rings is 2. The third kappa shape index (κ3) is 3.92. The summed E-state index contributed by atoms with van der Waals surface area (Å²) in [5, 5.41) is 6.15. The zero-order chi connectivity index (χ0) is 17.9. The van der Waals surface area contributed by atoms with Crippen molar-refractivity contribution in [1.29, 1.82) is 0 Å². The molecule has 8 heteroatoms. The quantitative estimate of drug-likeness (QED) is 0.770. The summed E-state index contributed by atoms with van der Waals surface area (Å²) in [7, 11) is 0. The number of amidine groups is 1. The predicted molar refractivity (Wildman–Crippen MR) is 108 cm³/mol. The molecule has 2 aromatic carbocycles. The van der Waals surface area contributed by atoms with Crippen LogP contribution in [0.1, 0.15) is 12.0 Å². The van der Waals surface area contributed by atoms with Crippen LogP contribution >= 0.6 is 35.0 Å². The highest BCUT2D eigenvalue weighted by Gasteiger charge is 2.17. The Labute approximate surface area is 165 Å². The number of rotatable bonds is 2. The Morgan fingerprint density at radius 2 is 1.85 bits per heavy atom. The van der Waals surface area contributed by atoms with Crippen molar-refractivity contribution in [3.8, 4) is 11.5 Å². The molecule has 0 saturated heterocycles. The van der Waals surface area contributed by atoms with Gasteiger partial charge in [-0.1, -0.05) is 35.0 Å². The number of halogens is 2. The van der Waals surface area contributed by atoms with E-state index in [1.165, 1.54) is 0 Å². The minimum atomic E-state index is 0.478. The van der Waals surface area contributed by atoms with Gasteiger partial charge in [0.05, 0.1) is 34.7 Å². The van der Waals surface area contributed by atoms with E-state index in [1.54, 1.807) is 23.9 Å². The van der Waals surface area contributed by atoms with Crippen LogP contribution in [0.15, 0.2) is 46.5 Å². The number of nitrogens with one attached hydrogen (secondary N) is 1.